The van der Waals surface area contributed by atoms with E-state index in [1.54, 1.807) is 6.92 Å². The number of rotatable bonds is 2. The van der Waals surface area contributed by atoms with Gasteiger partial charge in [-0.3, -0.25) is 4.79 Å². The molecule has 0 aromatic heterocycles. The number of hydrogen-bond donors (Lipinski definition) is 0. The normalized spacial score (nSPS) is 24.6. The predicted molar refractivity (Wildman–Crippen MR) is 40.2 cm³/mol. The maximum atomic E-state index is 10.8. The van der Waals surface area contributed by atoms with Crippen molar-refractivity contribution in [2.75, 3.05) is 13.2 Å². The van der Waals surface area contributed by atoms with Crippen LogP contribution in [0.4, 0.5) is 0 Å². The zero-order valence-electron chi connectivity index (χ0n) is 6.84. The predicted octanol–water partition coefficient (Wildman–Crippen LogP) is 1.12. The first kappa shape index (κ1) is 8.53. The van der Waals surface area contributed by atoms with Crippen LogP contribution in [0.1, 0.15) is 26.2 Å². The smallest absolute Gasteiger partial charge is 0.305 e. The molecule has 1 aliphatic rings. The van der Waals surface area contributed by atoms with Gasteiger partial charge in [0.1, 0.15) is 6.10 Å². The monoisotopic (exact) mass is 158 g/mol. The third-order valence-corrected chi connectivity index (χ3v) is 1.71. The second-order valence-electron chi connectivity index (χ2n) is 2.68. The molecular formula is C8H14O3. The van der Waals surface area contributed by atoms with Crippen LogP contribution in [-0.2, 0) is 14.3 Å². The number of ether oxygens (including phenoxy) is 2. The van der Waals surface area contributed by atoms with Crippen LogP contribution in [0.3, 0.4) is 0 Å². The summed E-state index contributed by atoms with van der Waals surface area (Å²) in [6.07, 6.45) is 2.42. The highest BCUT2D eigenvalue weighted by atomic mass is 16.6. The molecular weight excluding hydrogens is 144 g/mol. The summed E-state index contributed by atoms with van der Waals surface area (Å²) >= 11 is 0. The van der Waals surface area contributed by atoms with Gasteiger partial charge >= 0.3 is 5.97 Å². The van der Waals surface area contributed by atoms with Crippen molar-refractivity contribution in [2.45, 2.75) is 32.3 Å². The molecule has 0 N–H and O–H groups in total. The fraction of sp³-hybridized carbons (Fsp3) is 0.875. The second-order valence-corrected chi connectivity index (χ2v) is 2.68. The largest absolute Gasteiger partial charge is 0.460 e. The van der Waals surface area contributed by atoms with Crippen molar-refractivity contribution in [3.05, 3.63) is 0 Å². The lowest BCUT2D eigenvalue weighted by molar-refractivity contribution is -0.154. The maximum Gasteiger partial charge on any atom is 0.305 e. The zero-order valence-corrected chi connectivity index (χ0v) is 6.84. The summed E-state index contributed by atoms with van der Waals surface area (Å²) in [5, 5.41) is 0. The minimum Gasteiger partial charge on any atom is -0.460 e. The van der Waals surface area contributed by atoms with Crippen molar-refractivity contribution in [3.8, 4) is 0 Å². The molecule has 0 aromatic carbocycles. The van der Waals surface area contributed by atoms with Crippen LogP contribution in [0.2, 0.25) is 0 Å². The molecule has 0 aromatic rings. The first-order valence-corrected chi connectivity index (χ1v) is 4.10. The van der Waals surface area contributed by atoms with Gasteiger partial charge in [-0.2, -0.15) is 0 Å². The molecule has 0 unspecified atom stereocenters. The third-order valence-electron chi connectivity index (χ3n) is 1.71. The molecule has 0 bridgehead atoms. The van der Waals surface area contributed by atoms with Crippen LogP contribution < -0.4 is 0 Å². The Hall–Kier alpha value is -0.570. The minimum atomic E-state index is -0.125. The molecule has 1 atom stereocenters. The highest BCUT2D eigenvalue weighted by Crippen LogP contribution is 2.10. The third kappa shape index (κ3) is 2.89. The number of hydrogen-bond acceptors (Lipinski definition) is 3. The summed E-state index contributed by atoms with van der Waals surface area (Å²) in [7, 11) is 0. The van der Waals surface area contributed by atoms with E-state index in [1.165, 1.54) is 0 Å². The average Bonchev–Trinajstić information content (AvgIpc) is 2.06. The van der Waals surface area contributed by atoms with Crippen molar-refractivity contribution in [1.82, 2.24) is 0 Å². The van der Waals surface area contributed by atoms with E-state index in [1.807, 2.05) is 0 Å². The highest BCUT2D eigenvalue weighted by Gasteiger charge is 2.16. The van der Waals surface area contributed by atoms with Gasteiger partial charge in [-0.15, -0.1) is 0 Å². The Morgan fingerprint density at radius 1 is 1.73 bits per heavy atom. The Labute approximate surface area is 66.7 Å². The SMILES string of the molecule is CCC(=O)O[C@@H]1CCCOC1. The van der Waals surface area contributed by atoms with E-state index >= 15 is 0 Å². The van der Waals surface area contributed by atoms with Crippen molar-refractivity contribution < 1.29 is 14.3 Å². The van der Waals surface area contributed by atoms with Gasteiger partial charge in [0.25, 0.3) is 0 Å². The molecule has 1 saturated heterocycles. The maximum absolute atomic E-state index is 10.8. The van der Waals surface area contributed by atoms with Gasteiger partial charge in [0.2, 0.25) is 0 Å². The van der Waals surface area contributed by atoms with Gasteiger partial charge in [0, 0.05) is 13.0 Å². The summed E-state index contributed by atoms with van der Waals surface area (Å²) in [6, 6.07) is 0. The molecule has 0 radical (unpaired) electrons. The first-order chi connectivity index (χ1) is 5.33. The Balaban J connectivity index is 2.19. The van der Waals surface area contributed by atoms with E-state index in [9.17, 15) is 4.79 Å². The second kappa shape index (κ2) is 4.34. The molecule has 1 heterocycles. The van der Waals surface area contributed by atoms with Crippen LogP contribution in [0.15, 0.2) is 0 Å². The minimum absolute atomic E-state index is 0.0104. The van der Waals surface area contributed by atoms with E-state index in [0.29, 0.717) is 13.0 Å². The molecule has 0 saturated carbocycles. The summed E-state index contributed by atoms with van der Waals surface area (Å²) in [4.78, 5) is 10.8. The van der Waals surface area contributed by atoms with Gasteiger partial charge in [-0.25, -0.2) is 0 Å². The summed E-state index contributed by atoms with van der Waals surface area (Å²) in [6.45, 7) is 3.18. The Kier molecular flexibility index (Phi) is 3.36. The van der Waals surface area contributed by atoms with Crippen molar-refractivity contribution in [3.63, 3.8) is 0 Å². The average molecular weight is 158 g/mol. The van der Waals surface area contributed by atoms with Crippen LogP contribution in [0.5, 0.6) is 0 Å². The molecule has 3 nitrogen and oxygen atoms in total. The molecule has 1 fully saturated rings. The van der Waals surface area contributed by atoms with E-state index < -0.39 is 0 Å². The van der Waals surface area contributed by atoms with Gasteiger partial charge < -0.3 is 9.47 Å². The molecule has 3 heteroatoms. The first-order valence-electron chi connectivity index (χ1n) is 4.10. The summed E-state index contributed by atoms with van der Waals surface area (Å²) in [5.74, 6) is -0.125. The molecule has 1 rings (SSSR count). The van der Waals surface area contributed by atoms with Crippen LogP contribution in [-0.4, -0.2) is 25.3 Å². The Morgan fingerprint density at radius 3 is 3.09 bits per heavy atom. The van der Waals surface area contributed by atoms with Crippen LogP contribution >= 0.6 is 0 Å². The molecule has 1 aliphatic heterocycles. The molecule has 64 valence electrons. The topological polar surface area (TPSA) is 35.5 Å². The molecule has 11 heavy (non-hydrogen) atoms. The van der Waals surface area contributed by atoms with E-state index in [0.717, 1.165) is 19.4 Å². The fourth-order valence-corrected chi connectivity index (χ4v) is 1.07. The number of carbonyl (C=O) groups excluding carboxylic acids is 1. The lowest BCUT2D eigenvalue weighted by Gasteiger charge is -2.21. The standard InChI is InChI=1S/C8H14O3/c1-2-8(9)11-7-4-3-5-10-6-7/h7H,2-6H2,1H3/t7-/m1/s1. The van der Waals surface area contributed by atoms with Crippen LogP contribution in [0.25, 0.3) is 0 Å². The number of carbonyl (C=O) groups is 1. The molecule has 0 amide bonds. The van der Waals surface area contributed by atoms with Gasteiger partial charge in [-0.1, -0.05) is 6.92 Å². The van der Waals surface area contributed by atoms with E-state index in [4.69, 9.17) is 9.47 Å². The van der Waals surface area contributed by atoms with Crippen molar-refractivity contribution >= 4 is 5.97 Å². The van der Waals surface area contributed by atoms with Gasteiger partial charge in [-0.05, 0) is 12.8 Å². The molecule has 0 aliphatic carbocycles. The summed E-state index contributed by atoms with van der Waals surface area (Å²) < 4.78 is 10.2. The van der Waals surface area contributed by atoms with Crippen molar-refractivity contribution in [2.24, 2.45) is 0 Å². The quantitative estimate of drug-likeness (QED) is 0.565. The van der Waals surface area contributed by atoms with Gasteiger partial charge in [0.15, 0.2) is 0 Å². The van der Waals surface area contributed by atoms with E-state index in [-0.39, 0.29) is 12.1 Å². The number of esters is 1. The van der Waals surface area contributed by atoms with Crippen molar-refractivity contribution in [1.29, 1.82) is 0 Å². The van der Waals surface area contributed by atoms with Gasteiger partial charge in [0.05, 0.1) is 6.61 Å². The van der Waals surface area contributed by atoms with Crippen LogP contribution in [0, 0.1) is 0 Å². The highest BCUT2D eigenvalue weighted by molar-refractivity contribution is 5.69. The Bertz CT molecular complexity index is 127. The Morgan fingerprint density at radius 2 is 2.55 bits per heavy atom. The van der Waals surface area contributed by atoms with E-state index in [2.05, 4.69) is 0 Å². The lowest BCUT2D eigenvalue weighted by atomic mass is 10.2. The lowest BCUT2D eigenvalue weighted by Crippen LogP contribution is -2.27. The molecule has 0 spiro atoms. The fourth-order valence-electron chi connectivity index (χ4n) is 1.07. The zero-order chi connectivity index (χ0) is 8.10. The summed E-state index contributed by atoms with van der Waals surface area (Å²) in [5.41, 5.74) is 0.